The summed E-state index contributed by atoms with van der Waals surface area (Å²) in [4.78, 5) is 32.6. The zero-order chi connectivity index (χ0) is 21.7. The number of para-hydroxylation sites is 1. The summed E-state index contributed by atoms with van der Waals surface area (Å²) < 4.78 is 0. The van der Waals surface area contributed by atoms with Crippen LogP contribution in [0.1, 0.15) is 60.4 Å². The van der Waals surface area contributed by atoms with E-state index >= 15 is 0 Å². The molecule has 166 valence electrons. The van der Waals surface area contributed by atoms with Crippen molar-refractivity contribution in [1.82, 2.24) is 15.2 Å². The number of hydrogen-bond acceptors (Lipinski definition) is 4. The molecular weight excluding hydrogens is 400 g/mol. The van der Waals surface area contributed by atoms with Gasteiger partial charge in [0.15, 0.2) is 0 Å². The highest BCUT2D eigenvalue weighted by Gasteiger charge is 2.55. The maximum absolute atomic E-state index is 13.5. The quantitative estimate of drug-likeness (QED) is 0.761. The average Bonchev–Trinajstić information content (AvgIpc) is 2.84. The maximum atomic E-state index is 13.5. The van der Waals surface area contributed by atoms with Gasteiger partial charge in [-0.15, -0.1) is 0 Å². The summed E-state index contributed by atoms with van der Waals surface area (Å²) in [6.45, 7) is 1.68. The fraction of sp³-hybridized carbons (Fsp3) is 0.500. The molecule has 32 heavy (non-hydrogen) atoms. The molecule has 2 bridgehead atoms. The van der Waals surface area contributed by atoms with Crippen LogP contribution in [0.25, 0.3) is 0 Å². The number of likely N-dealkylation sites (tertiary alicyclic amines) is 1. The third-order valence-electron chi connectivity index (χ3n) is 8.44. The van der Waals surface area contributed by atoms with Gasteiger partial charge in [0.2, 0.25) is 5.91 Å². The number of amides is 2. The molecule has 6 heteroatoms. The van der Waals surface area contributed by atoms with Crippen LogP contribution < -0.4 is 10.6 Å². The van der Waals surface area contributed by atoms with Crippen molar-refractivity contribution in [3.05, 3.63) is 59.9 Å². The molecular formula is C26H30N4O2. The number of nitrogens with one attached hydrogen (secondary N) is 2. The molecule has 1 aromatic carbocycles. The summed E-state index contributed by atoms with van der Waals surface area (Å²) in [7, 11) is 0. The van der Waals surface area contributed by atoms with Gasteiger partial charge in [0.1, 0.15) is 5.66 Å². The SMILES string of the molecule is O=C1N[C@@]2(C[C@@H]3CC[C@@H]2C[C@@H]3C(=O)N2CCC(c3ccncc3)CC2)Nc2ccccc21. The predicted molar refractivity (Wildman–Crippen MR) is 122 cm³/mol. The second-order valence-electron chi connectivity index (χ2n) is 10.1. The van der Waals surface area contributed by atoms with Crippen molar-refractivity contribution >= 4 is 17.5 Å². The van der Waals surface area contributed by atoms with Gasteiger partial charge in [-0.2, -0.15) is 0 Å². The Bertz CT molecular complexity index is 1030. The van der Waals surface area contributed by atoms with Crippen LogP contribution in [0.5, 0.6) is 0 Å². The number of carbonyl (C=O) groups is 2. The highest BCUT2D eigenvalue weighted by Crippen LogP contribution is 2.52. The van der Waals surface area contributed by atoms with Gasteiger partial charge in [-0.3, -0.25) is 14.6 Å². The lowest BCUT2D eigenvalue weighted by Gasteiger charge is -2.57. The zero-order valence-corrected chi connectivity index (χ0v) is 18.3. The number of anilines is 1. The van der Waals surface area contributed by atoms with Crippen LogP contribution in [0, 0.1) is 17.8 Å². The molecule has 5 aliphatic rings. The molecule has 2 aliphatic heterocycles. The normalized spacial score (nSPS) is 31.7. The summed E-state index contributed by atoms with van der Waals surface area (Å²) in [6, 6.07) is 11.9. The molecule has 6 nitrogen and oxygen atoms in total. The van der Waals surface area contributed by atoms with E-state index in [2.05, 4.69) is 32.7 Å². The molecule has 2 amide bonds. The third kappa shape index (κ3) is 3.19. The molecule has 4 fully saturated rings. The van der Waals surface area contributed by atoms with Crippen LogP contribution in [0.2, 0.25) is 0 Å². The Morgan fingerprint density at radius 1 is 1.00 bits per heavy atom. The number of pyridine rings is 1. The molecule has 2 aromatic rings. The molecule has 1 aromatic heterocycles. The molecule has 3 saturated carbocycles. The van der Waals surface area contributed by atoms with Gasteiger partial charge in [0.25, 0.3) is 5.91 Å². The predicted octanol–water partition coefficient (Wildman–Crippen LogP) is 3.78. The lowest BCUT2D eigenvalue weighted by molar-refractivity contribution is -0.144. The van der Waals surface area contributed by atoms with Gasteiger partial charge >= 0.3 is 0 Å². The minimum Gasteiger partial charge on any atom is -0.362 e. The van der Waals surface area contributed by atoms with Crippen LogP contribution in [0.3, 0.4) is 0 Å². The van der Waals surface area contributed by atoms with Crippen molar-refractivity contribution in [1.29, 1.82) is 0 Å². The Hall–Kier alpha value is -2.89. The van der Waals surface area contributed by atoms with Gasteiger partial charge in [0.05, 0.1) is 5.56 Å². The van der Waals surface area contributed by atoms with Crippen LogP contribution in [-0.4, -0.2) is 40.5 Å². The van der Waals surface area contributed by atoms with Crippen molar-refractivity contribution < 1.29 is 9.59 Å². The van der Waals surface area contributed by atoms with Gasteiger partial charge in [0, 0.05) is 43.0 Å². The van der Waals surface area contributed by atoms with Crippen molar-refractivity contribution in [2.75, 3.05) is 18.4 Å². The number of hydrogen-bond donors (Lipinski definition) is 2. The molecule has 0 radical (unpaired) electrons. The number of piperidine rings is 1. The highest BCUT2D eigenvalue weighted by molar-refractivity contribution is 6.02. The summed E-state index contributed by atoms with van der Waals surface area (Å²) in [5.74, 6) is 1.57. The molecule has 1 saturated heterocycles. The van der Waals surface area contributed by atoms with E-state index in [0.717, 1.165) is 57.3 Å². The molecule has 0 unspecified atom stereocenters. The van der Waals surface area contributed by atoms with Crippen LogP contribution in [0.4, 0.5) is 5.69 Å². The standard InChI is InChI=1S/C26H30N4O2/c31-24-21-3-1-2-4-23(21)28-26(29-24)16-19-5-6-20(26)15-22(19)25(32)30-13-9-18(10-14-30)17-7-11-27-12-8-17/h1-4,7-8,11-12,18-20,22,28H,5-6,9-10,13-16H2,(H,29,31)/t19-,20+,22-,26+/m0/s1. The van der Waals surface area contributed by atoms with E-state index in [0.29, 0.717) is 23.3 Å². The van der Waals surface area contributed by atoms with E-state index in [-0.39, 0.29) is 17.7 Å². The molecule has 1 spiro atoms. The Morgan fingerprint density at radius 3 is 2.53 bits per heavy atom. The van der Waals surface area contributed by atoms with E-state index in [9.17, 15) is 9.59 Å². The van der Waals surface area contributed by atoms with E-state index < -0.39 is 5.66 Å². The molecule has 7 rings (SSSR count). The van der Waals surface area contributed by atoms with Crippen molar-refractivity contribution in [3.8, 4) is 0 Å². The van der Waals surface area contributed by atoms with Crippen LogP contribution in [0.15, 0.2) is 48.8 Å². The first-order chi connectivity index (χ1) is 15.6. The third-order valence-corrected chi connectivity index (χ3v) is 8.44. The number of carbonyl (C=O) groups excluding carboxylic acids is 2. The maximum Gasteiger partial charge on any atom is 0.255 e. The number of aromatic nitrogens is 1. The number of fused-ring (bicyclic) bond motifs is 3. The summed E-state index contributed by atoms with van der Waals surface area (Å²) in [6.07, 6.45) is 9.61. The lowest BCUT2D eigenvalue weighted by atomic mass is 9.58. The monoisotopic (exact) mass is 430 g/mol. The highest BCUT2D eigenvalue weighted by atomic mass is 16.2. The van der Waals surface area contributed by atoms with Crippen molar-refractivity contribution in [2.45, 2.75) is 50.1 Å². The fourth-order valence-corrected chi connectivity index (χ4v) is 6.75. The number of nitrogens with zero attached hydrogens (tertiary/aromatic N) is 2. The second-order valence-corrected chi connectivity index (χ2v) is 10.1. The van der Waals surface area contributed by atoms with Gasteiger partial charge in [-0.25, -0.2) is 0 Å². The van der Waals surface area contributed by atoms with Crippen LogP contribution in [-0.2, 0) is 4.79 Å². The van der Waals surface area contributed by atoms with E-state index in [1.807, 2.05) is 36.7 Å². The number of benzene rings is 1. The summed E-state index contributed by atoms with van der Waals surface area (Å²) in [5.41, 5.74) is 2.57. The van der Waals surface area contributed by atoms with E-state index in [1.54, 1.807) is 0 Å². The first-order valence-electron chi connectivity index (χ1n) is 12.0. The van der Waals surface area contributed by atoms with Crippen LogP contribution >= 0.6 is 0 Å². The topological polar surface area (TPSA) is 74.3 Å². The first-order valence-corrected chi connectivity index (χ1v) is 12.0. The second kappa shape index (κ2) is 7.61. The van der Waals surface area contributed by atoms with E-state index in [1.165, 1.54) is 5.56 Å². The Balaban J connectivity index is 1.14. The van der Waals surface area contributed by atoms with Crippen molar-refractivity contribution in [2.24, 2.45) is 17.8 Å². The first kappa shape index (κ1) is 19.8. The molecule has 4 atom stereocenters. The largest absolute Gasteiger partial charge is 0.362 e. The Kier molecular flexibility index (Phi) is 4.70. The van der Waals surface area contributed by atoms with Gasteiger partial charge in [-0.1, -0.05) is 12.1 Å². The molecule has 3 heterocycles. The summed E-state index contributed by atoms with van der Waals surface area (Å²) in [5, 5.41) is 6.98. The van der Waals surface area contributed by atoms with E-state index in [4.69, 9.17) is 0 Å². The molecule has 3 aliphatic carbocycles. The minimum atomic E-state index is -0.403. The molecule has 2 N–H and O–H groups in total. The Labute approximate surface area is 188 Å². The average molecular weight is 431 g/mol. The van der Waals surface area contributed by atoms with Gasteiger partial charge in [-0.05, 0) is 80.2 Å². The smallest absolute Gasteiger partial charge is 0.255 e. The zero-order valence-electron chi connectivity index (χ0n) is 18.3. The van der Waals surface area contributed by atoms with Crippen molar-refractivity contribution in [3.63, 3.8) is 0 Å². The Morgan fingerprint density at radius 2 is 1.78 bits per heavy atom. The fourth-order valence-electron chi connectivity index (χ4n) is 6.75. The lowest BCUT2D eigenvalue weighted by Crippen LogP contribution is -2.68. The number of rotatable bonds is 2. The summed E-state index contributed by atoms with van der Waals surface area (Å²) >= 11 is 0. The minimum absolute atomic E-state index is 0.00737. The van der Waals surface area contributed by atoms with Gasteiger partial charge < -0.3 is 15.5 Å².